The standard InChI is InChI=1S/C25H23N5O2S/c1-32-23-9-3-16(12-27-23)24-19-8-2-15(10-20(19)33-21(24)11-26)13-30-14-22(28-29-30)25(31,17-4-5-17)18-6-7-18/h2-3,8-10,12,14,17-18,31H,4-7,13H2,1H3. The number of benzene rings is 1. The summed E-state index contributed by atoms with van der Waals surface area (Å²) >= 11 is 1.48. The Balaban J connectivity index is 1.30. The minimum Gasteiger partial charge on any atom is -0.481 e. The van der Waals surface area contributed by atoms with Crippen molar-refractivity contribution in [2.24, 2.45) is 11.8 Å². The highest BCUT2D eigenvalue weighted by Crippen LogP contribution is 2.56. The zero-order valence-corrected chi connectivity index (χ0v) is 19.0. The number of thiophene rings is 1. The average Bonchev–Trinajstić information content (AvgIpc) is 3.78. The molecule has 7 nitrogen and oxygen atoms in total. The van der Waals surface area contributed by atoms with E-state index in [1.54, 1.807) is 24.1 Å². The van der Waals surface area contributed by atoms with Crippen molar-refractivity contribution in [1.82, 2.24) is 20.0 Å². The third-order valence-corrected chi connectivity index (χ3v) is 7.84. The van der Waals surface area contributed by atoms with Gasteiger partial charge in [-0.15, -0.1) is 16.4 Å². The zero-order chi connectivity index (χ0) is 22.6. The summed E-state index contributed by atoms with van der Waals surface area (Å²) in [5, 5.41) is 30.8. The van der Waals surface area contributed by atoms with Gasteiger partial charge in [0, 0.05) is 33.5 Å². The second-order valence-corrected chi connectivity index (χ2v) is 10.1. The van der Waals surface area contributed by atoms with Crippen molar-refractivity contribution >= 4 is 21.4 Å². The van der Waals surface area contributed by atoms with E-state index < -0.39 is 5.60 Å². The molecule has 3 aromatic heterocycles. The van der Waals surface area contributed by atoms with E-state index in [1.807, 2.05) is 12.3 Å². The lowest BCUT2D eigenvalue weighted by atomic mass is 9.89. The molecule has 6 rings (SSSR count). The van der Waals surface area contributed by atoms with E-state index in [0.717, 1.165) is 52.5 Å². The summed E-state index contributed by atoms with van der Waals surface area (Å²) in [7, 11) is 1.58. The first-order chi connectivity index (χ1) is 16.1. The molecule has 0 spiro atoms. The second-order valence-electron chi connectivity index (χ2n) is 9.01. The lowest BCUT2D eigenvalue weighted by molar-refractivity contribution is -0.0144. The molecule has 1 N–H and O–H groups in total. The normalized spacial score (nSPS) is 16.2. The Hall–Kier alpha value is -3.28. The number of nitriles is 1. The van der Waals surface area contributed by atoms with E-state index in [4.69, 9.17) is 4.74 Å². The molecule has 4 aromatic rings. The van der Waals surface area contributed by atoms with Gasteiger partial charge in [0.1, 0.15) is 22.2 Å². The van der Waals surface area contributed by atoms with Gasteiger partial charge in [-0.25, -0.2) is 9.67 Å². The summed E-state index contributed by atoms with van der Waals surface area (Å²) in [5.74, 6) is 1.20. The fourth-order valence-corrected chi connectivity index (χ4v) is 5.88. The molecule has 0 radical (unpaired) electrons. The van der Waals surface area contributed by atoms with Gasteiger partial charge >= 0.3 is 0 Å². The van der Waals surface area contributed by atoms with Crippen LogP contribution in [0.4, 0.5) is 0 Å². The summed E-state index contributed by atoms with van der Waals surface area (Å²) in [6, 6.07) is 12.3. The molecule has 0 saturated heterocycles. The molecule has 0 amide bonds. The number of ether oxygens (including phenoxy) is 1. The lowest BCUT2D eigenvalue weighted by Crippen LogP contribution is -2.31. The molecule has 2 fully saturated rings. The molecular formula is C25H23N5O2S. The van der Waals surface area contributed by atoms with Crippen molar-refractivity contribution in [3.63, 3.8) is 0 Å². The van der Waals surface area contributed by atoms with Crippen LogP contribution in [0.15, 0.2) is 42.7 Å². The van der Waals surface area contributed by atoms with Crippen molar-refractivity contribution in [3.8, 4) is 23.1 Å². The smallest absolute Gasteiger partial charge is 0.212 e. The Morgan fingerprint density at radius 1 is 1.21 bits per heavy atom. The Labute approximate surface area is 195 Å². The third kappa shape index (κ3) is 3.48. The number of aromatic nitrogens is 4. The molecule has 2 aliphatic carbocycles. The highest BCUT2D eigenvalue weighted by Gasteiger charge is 2.55. The predicted molar refractivity (Wildman–Crippen MR) is 125 cm³/mol. The van der Waals surface area contributed by atoms with Gasteiger partial charge < -0.3 is 9.84 Å². The molecule has 33 heavy (non-hydrogen) atoms. The van der Waals surface area contributed by atoms with Crippen LogP contribution in [0, 0.1) is 23.2 Å². The largest absolute Gasteiger partial charge is 0.481 e. The first-order valence-electron chi connectivity index (χ1n) is 11.2. The molecule has 166 valence electrons. The molecule has 0 atom stereocenters. The maximum Gasteiger partial charge on any atom is 0.212 e. The Morgan fingerprint density at radius 3 is 2.64 bits per heavy atom. The number of pyridine rings is 1. The number of fused-ring (bicyclic) bond motifs is 1. The summed E-state index contributed by atoms with van der Waals surface area (Å²) in [5.41, 5.74) is 2.78. The van der Waals surface area contributed by atoms with Gasteiger partial charge in [-0.2, -0.15) is 5.26 Å². The van der Waals surface area contributed by atoms with Crippen molar-refractivity contribution < 1.29 is 9.84 Å². The van der Waals surface area contributed by atoms with Gasteiger partial charge in [0.2, 0.25) is 5.88 Å². The minimum absolute atomic E-state index is 0.327. The van der Waals surface area contributed by atoms with Crippen molar-refractivity contribution in [2.75, 3.05) is 7.11 Å². The van der Waals surface area contributed by atoms with Crippen molar-refractivity contribution in [3.05, 3.63) is 58.9 Å². The van der Waals surface area contributed by atoms with E-state index >= 15 is 0 Å². The molecular weight excluding hydrogens is 434 g/mol. The number of nitrogens with zero attached hydrogens (tertiary/aromatic N) is 5. The first kappa shape index (κ1) is 20.3. The summed E-state index contributed by atoms with van der Waals surface area (Å²) in [4.78, 5) is 4.96. The molecule has 2 aliphatic rings. The van der Waals surface area contributed by atoms with Crippen LogP contribution in [-0.2, 0) is 12.1 Å². The number of aliphatic hydroxyl groups is 1. The van der Waals surface area contributed by atoms with Crippen LogP contribution in [0.3, 0.4) is 0 Å². The summed E-state index contributed by atoms with van der Waals surface area (Å²) in [6.07, 6.45) is 7.94. The molecule has 2 saturated carbocycles. The minimum atomic E-state index is -0.807. The van der Waals surface area contributed by atoms with E-state index in [9.17, 15) is 10.4 Å². The Kier molecular flexibility index (Phi) is 4.71. The molecule has 8 heteroatoms. The van der Waals surface area contributed by atoms with Crippen LogP contribution in [0.25, 0.3) is 21.2 Å². The fraction of sp³-hybridized carbons (Fsp3) is 0.360. The average molecular weight is 458 g/mol. The number of hydrogen-bond donors (Lipinski definition) is 1. The van der Waals surface area contributed by atoms with Crippen molar-refractivity contribution in [2.45, 2.75) is 37.8 Å². The molecule has 0 unspecified atom stereocenters. The molecule has 0 bridgehead atoms. The highest BCUT2D eigenvalue weighted by atomic mass is 32.1. The summed E-state index contributed by atoms with van der Waals surface area (Å²) in [6.45, 7) is 0.563. The number of hydrogen-bond acceptors (Lipinski definition) is 7. The van der Waals surface area contributed by atoms with E-state index in [1.165, 1.54) is 11.3 Å². The van der Waals surface area contributed by atoms with Gasteiger partial charge in [-0.3, -0.25) is 0 Å². The van der Waals surface area contributed by atoms with Crippen LogP contribution in [0.1, 0.15) is 41.8 Å². The van der Waals surface area contributed by atoms with Crippen LogP contribution in [0.2, 0.25) is 0 Å². The highest BCUT2D eigenvalue weighted by molar-refractivity contribution is 7.20. The maximum atomic E-state index is 11.3. The molecule has 0 aliphatic heterocycles. The van der Waals surface area contributed by atoms with Gasteiger partial charge in [0.05, 0.1) is 19.9 Å². The quantitative estimate of drug-likeness (QED) is 0.439. The topological polar surface area (TPSA) is 96.8 Å². The van der Waals surface area contributed by atoms with Crippen LogP contribution in [0.5, 0.6) is 5.88 Å². The van der Waals surface area contributed by atoms with Crippen molar-refractivity contribution in [1.29, 1.82) is 5.26 Å². The maximum absolute atomic E-state index is 11.3. The first-order valence-corrected chi connectivity index (χ1v) is 12.0. The summed E-state index contributed by atoms with van der Waals surface area (Å²) < 4.78 is 8.00. The van der Waals surface area contributed by atoms with Crippen LogP contribution in [-0.4, -0.2) is 32.2 Å². The Bertz CT molecular complexity index is 1360. The van der Waals surface area contributed by atoms with Gasteiger partial charge in [-0.1, -0.05) is 17.3 Å². The van der Waals surface area contributed by atoms with E-state index in [-0.39, 0.29) is 0 Å². The monoisotopic (exact) mass is 457 g/mol. The predicted octanol–water partition coefficient (Wildman–Crippen LogP) is 4.49. The zero-order valence-electron chi connectivity index (χ0n) is 18.2. The third-order valence-electron chi connectivity index (χ3n) is 6.78. The van der Waals surface area contributed by atoms with Crippen LogP contribution >= 0.6 is 11.3 Å². The van der Waals surface area contributed by atoms with E-state index in [0.29, 0.717) is 34.8 Å². The number of methoxy groups -OCH3 is 1. The fourth-order valence-electron chi connectivity index (χ4n) is 4.80. The lowest BCUT2D eigenvalue weighted by Gasteiger charge is -2.25. The Morgan fingerprint density at radius 2 is 2.00 bits per heavy atom. The van der Waals surface area contributed by atoms with Gasteiger partial charge in [0.15, 0.2) is 0 Å². The van der Waals surface area contributed by atoms with Gasteiger partial charge in [0.25, 0.3) is 0 Å². The molecule has 1 aromatic carbocycles. The van der Waals surface area contributed by atoms with Crippen LogP contribution < -0.4 is 4.74 Å². The SMILES string of the molecule is COc1ccc(-c2c(C#N)sc3cc(Cn4cc(C(O)(C5CC5)C5CC5)nn4)ccc23)cn1. The van der Waals surface area contributed by atoms with E-state index in [2.05, 4.69) is 39.6 Å². The van der Waals surface area contributed by atoms with Gasteiger partial charge in [-0.05, 0) is 55.2 Å². The second kappa shape index (κ2) is 7.65. The molecule has 3 heterocycles. The number of rotatable bonds is 7.